The van der Waals surface area contributed by atoms with Crippen molar-refractivity contribution in [2.75, 3.05) is 11.9 Å². The molecule has 18 heavy (non-hydrogen) atoms. The Labute approximate surface area is 116 Å². The highest BCUT2D eigenvalue weighted by Crippen LogP contribution is 2.22. The molecule has 0 saturated heterocycles. The first-order chi connectivity index (χ1) is 8.44. The summed E-state index contributed by atoms with van der Waals surface area (Å²) < 4.78 is 13.7. The van der Waals surface area contributed by atoms with Crippen LogP contribution in [0.25, 0.3) is 0 Å². The Kier molecular flexibility index (Phi) is 5.61. The van der Waals surface area contributed by atoms with Crippen LogP contribution in [0.5, 0.6) is 0 Å². The summed E-state index contributed by atoms with van der Waals surface area (Å²) in [5.41, 5.74) is 0.541. The summed E-state index contributed by atoms with van der Waals surface area (Å²) in [6, 6.07) is 7.29. The average Bonchev–Trinajstić information content (AvgIpc) is 2.33. The van der Waals surface area contributed by atoms with E-state index in [4.69, 9.17) is 5.26 Å². The predicted molar refractivity (Wildman–Crippen MR) is 75.8 cm³/mol. The highest BCUT2D eigenvalue weighted by molar-refractivity contribution is 9.10. The van der Waals surface area contributed by atoms with Gasteiger partial charge in [0, 0.05) is 12.2 Å². The van der Waals surface area contributed by atoms with E-state index in [2.05, 4.69) is 27.3 Å². The zero-order valence-corrected chi connectivity index (χ0v) is 12.3. The van der Waals surface area contributed by atoms with Crippen molar-refractivity contribution in [3.8, 4) is 6.07 Å². The first-order valence-corrected chi connectivity index (χ1v) is 6.84. The first-order valence-electron chi connectivity index (χ1n) is 6.05. The molecule has 2 nitrogen and oxygen atoms in total. The van der Waals surface area contributed by atoms with Crippen LogP contribution >= 0.6 is 15.9 Å². The van der Waals surface area contributed by atoms with E-state index in [9.17, 15) is 4.39 Å². The topological polar surface area (TPSA) is 35.8 Å². The van der Waals surface area contributed by atoms with E-state index in [-0.39, 0.29) is 11.2 Å². The van der Waals surface area contributed by atoms with Crippen LogP contribution in [0.4, 0.5) is 10.1 Å². The molecule has 0 amide bonds. The summed E-state index contributed by atoms with van der Waals surface area (Å²) in [7, 11) is 0. The van der Waals surface area contributed by atoms with Crippen molar-refractivity contribution >= 4 is 21.6 Å². The molecule has 0 unspecified atom stereocenters. The molecule has 0 spiro atoms. The fourth-order valence-corrected chi connectivity index (χ4v) is 1.83. The van der Waals surface area contributed by atoms with Gasteiger partial charge in [-0.15, -0.1) is 0 Å². The molecule has 1 aromatic carbocycles. The molecule has 1 N–H and O–H groups in total. The maximum atomic E-state index is 13.2. The molecule has 0 bridgehead atoms. The molecule has 0 aliphatic rings. The van der Waals surface area contributed by atoms with E-state index in [1.807, 2.05) is 19.9 Å². The highest BCUT2D eigenvalue weighted by Gasteiger charge is 2.15. The van der Waals surface area contributed by atoms with Gasteiger partial charge >= 0.3 is 0 Å². The fourth-order valence-electron chi connectivity index (χ4n) is 1.59. The summed E-state index contributed by atoms with van der Waals surface area (Å²) in [5, 5.41) is 12.0. The van der Waals surface area contributed by atoms with Crippen LogP contribution in [0.15, 0.2) is 22.7 Å². The van der Waals surface area contributed by atoms with E-state index >= 15 is 0 Å². The summed E-state index contributed by atoms with van der Waals surface area (Å²) in [5.74, 6) is -0.259. The predicted octanol–water partition coefficient (Wildman–Crippen LogP) is 4.72. The highest BCUT2D eigenvalue weighted by atomic mass is 79.9. The lowest BCUT2D eigenvalue weighted by molar-refractivity contribution is 0.430. The number of nitriles is 1. The zero-order valence-electron chi connectivity index (χ0n) is 10.8. The summed E-state index contributed by atoms with van der Waals surface area (Å²) in [6.07, 6.45) is 2.86. The first kappa shape index (κ1) is 15.0. The molecule has 1 aromatic rings. The lowest BCUT2D eigenvalue weighted by Crippen LogP contribution is -2.09. The quantitative estimate of drug-likeness (QED) is 0.771. The third kappa shape index (κ3) is 5.05. The van der Waals surface area contributed by atoms with Gasteiger partial charge in [0.1, 0.15) is 5.82 Å². The normalized spacial score (nSPS) is 11.1. The van der Waals surface area contributed by atoms with Crippen LogP contribution in [0.2, 0.25) is 0 Å². The van der Waals surface area contributed by atoms with Gasteiger partial charge in [0.25, 0.3) is 0 Å². The second-order valence-electron chi connectivity index (χ2n) is 5.01. The molecule has 4 heteroatoms. The molecule has 0 radical (unpaired) electrons. The third-order valence-electron chi connectivity index (χ3n) is 2.78. The van der Waals surface area contributed by atoms with Crippen molar-refractivity contribution in [2.45, 2.75) is 33.1 Å². The number of nitrogens with zero attached hydrogens (tertiary/aromatic N) is 1. The number of hydrogen-bond donors (Lipinski definition) is 1. The molecule has 98 valence electrons. The minimum Gasteiger partial charge on any atom is -0.385 e. The fraction of sp³-hybridized carbons (Fsp3) is 0.500. The van der Waals surface area contributed by atoms with Crippen molar-refractivity contribution < 1.29 is 4.39 Å². The number of nitrogens with one attached hydrogen (secondary N) is 1. The number of benzene rings is 1. The maximum absolute atomic E-state index is 13.2. The van der Waals surface area contributed by atoms with Crippen LogP contribution < -0.4 is 5.32 Å². The van der Waals surface area contributed by atoms with Gasteiger partial charge in [-0.2, -0.15) is 5.26 Å². The monoisotopic (exact) mass is 312 g/mol. The van der Waals surface area contributed by atoms with Crippen LogP contribution in [0.1, 0.15) is 33.1 Å². The second kappa shape index (κ2) is 6.75. The summed E-state index contributed by atoms with van der Waals surface area (Å²) >= 11 is 3.12. The van der Waals surface area contributed by atoms with Crippen LogP contribution in [0, 0.1) is 22.6 Å². The van der Waals surface area contributed by atoms with Crippen molar-refractivity contribution in [3.63, 3.8) is 0 Å². The van der Waals surface area contributed by atoms with Gasteiger partial charge in [-0.05, 0) is 60.8 Å². The number of rotatable bonds is 6. The van der Waals surface area contributed by atoms with Gasteiger partial charge in [-0.25, -0.2) is 4.39 Å². The molecule has 0 fully saturated rings. The maximum Gasteiger partial charge on any atom is 0.139 e. The minimum absolute atomic E-state index is 0.246. The Morgan fingerprint density at radius 2 is 2.11 bits per heavy atom. The van der Waals surface area contributed by atoms with E-state index in [1.54, 1.807) is 6.07 Å². The molecule has 0 aliphatic carbocycles. The Hall–Kier alpha value is -1.08. The number of anilines is 1. The minimum atomic E-state index is -0.259. The lowest BCUT2D eigenvalue weighted by atomic mass is 9.89. The molecule has 0 saturated carbocycles. The Balaban J connectivity index is 2.26. The number of unbranched alkanes of at least 4 members (excludes halogenated alkanes) is 1. The average molecular weight is 313 g/mol. The Bertz CT molecular complexity index is 438. The summed E-state index contributed by atoms with van der Waals surface area (Å²) in [6.45, 7) is 4.69. The van der Waals surface area contributed by atoms with E-state index in [1.165, 1.54) is 6.07 Å². The smallest absolute Gasteiger partial charge is 0.139 e. The van der Waals surface area contributed by atoms with Crippen molar-refractivity contribution in [3.05, 3.63) is 28.5 Å². The van der Waals surface area contributed by atoms with Crippen molar-refractivity contribution in [2.24, 2.45) is 5.41 Å². The van der Waals surface area contributed by atoms with E-state index in [0.29, 0.717) is 4.47 Å². The van der Waals surface area contributed by atoms with Crippen LogP contribution in [0.3, 0.4) is 0 Å². The molecular weight excluding hydrogens is 295 g/mol. The van der Waals surface area contributed by atoms with Crippen molar-refractivity contribution in [1.29, 1.82) is 5.26 Å². The Morgan fingerprint density at radius 1 is 1.39 bits per heavy atom. The molecule has 1 rings (SSSR count). The van der Waals surface area contributed by atoms with Crippen molar-refractivity contribution in [1.82, 2.24) is 0 Å². The molecular formula is C14H18BrFN2. The largest absolute Gasteiger partial charge is 0.385 e. The van der Waals surface area contributed by atoms with Gasteiger partial charge in [-0.3, -0.25) is 0 Å². The lowest BCUT2D eigenvalue weighted by Gasteiger charge is -2.14. The SMILES string of the molecule is CC(C)(C#N)CCCCNc1ccc(Br)c(F)c1. The van der Waals surface area contributed by atoms with Gasteiger partial charge in [0.15, 0.2) is 0 Å². The number of halogens is 2. The third-order valence-corrected chi connectivity index (χ3v) is 3.42. The second-order valence-corrected chi connectivity index (χ2v) is 5.86. The number of hydrogen-bond acceptors (Lipinski definition) is 2. The summed E-state index contributed by atoms with van der Waals surface area (Å²) in [4.78, 5) is 0. The van der Waals surface area contributed by atoms with Gasteiger partial charge in [-0.1, -0.05) is 6.42 Å². The Morgan fingerprint density at radius 3 is 2.72 bits per heavy atom. The van der Waals surface area contributed by atoms with Crippen LogP contribution in [-0.2, 0) is 0 Å². The molecule has 0 atom stereocenters. The van der Waals surface area contributed by atoms with E-state index < -0.39 is 0 Å². The molecule has 0 aliphatic heterocycles. The van der Waals surface area contributed by atoms with Gasteiger partial charge in [0.05, 0.1) is 16.0 Å². The molecule has 0 heterocycles. The van der Waals surface area contributed by atoms with Gasteiger partial charge < -0.3 is 5.32 Å². The van der Waals surface area contributed by atoms with Crippen LogP contribution in [-0.4, -0.2) is 6.54 Å². The van der Waals surface area contributed by atoms with E-state index in [0.717, 1.165) is 31.5 Å². The zero-order chi connectivity index (χ0) is 13.6. The van der Waals surface area contributed by atoms with Gasteiger partial charge in [0.2, 0.25) is 0 Å². The standard InChI is InChI=1S/C14H18BrFN2/c1-14(2,10-17)7-3-4-8-18-11-5-6-12(15)13(16)9-11/h5-6,9,18H,3-4,7-8H2,1-2H3. The molecule has 0 aromatic heterocycles.